The number of likely N-dealkylation sites (tertiary alicyclic amines) is 1. The summed E-state index contributed by atoms with van der Waals surface area (Å²) in [4.78, 5) is 20.4. The smallest absolute Gasteiger partial charge is 0.335 e. The molecule has 2 aliphatic heterocycles. The van der Waals surface area contributed by atoms with Crippen LogP contribution in [0.25, 0.3) is 0 Å². The Kier molecular flexibility index (Phi) is 7.16. The molecular formula is C28H29N3O4S. The Balaban J connectivity index is 1.17. The van der Waals surface area contributed by atoms with Crippen molar-refractivity contribution in [2.24, 2.45) is 0 Å². The maximum absolute atomic E-state index is 11.0. The fourth-order valence-electron chi connectivity index (χ4n) is 4.94. The van der Waals surface area contributed by atoms with E-state index in [4.69, 9.17) is 26.8 Å². The van der Waals surface area contributed by atoms with Crippen LogP contribution in [0.1, 0.15) is 46.1 Å². The maximum Gasteiger partial charge on any atom is 0.335 e. The number of carboxylic acid groups (broad SMARTS) is 1. The van der Waals surface area contributed by atoms with Gasteiger partial charge in [0.05, 0.1) is 11.6 Å². The Bertz CT molecular complexity index is 1230. The average Bonchev–Trinajstić information content (AvgIpc) is 3.28. The molecule has 8 heteroatoms. The number of piperidine rings is 1. The number of aromatic carboxylic acids is 1. The lowest BCUT2D eigenvalue weighted by Gasteiger charge is -2.39. The predicted octanol–water partition coefficient (Wildman–Crippen LogP) is 5.20. The Morgan fingerprint density at radius 2 is 1.81 bits per heavy atom. The summed E-state index contributed by atoms with van der Waals surface area (Å²) in [5.41, 5.74) is 3.57. The predicted molar refractivity (Wildman–Crippen MR) is 140 cm³/mol. The van der Waals surface area contributed by atoms with Crippen LogP contribution in [-0.2, 0) is 11.3 Å². The SMILES string of the molecule is Cc1nc(Oc2ccc(C(=O)O)cc2)ccc1CN1CCC(N2C(=S)OC[C@H]2c2ccccc2)CC1. The van der Waals surface area contributed by atoms with Gasteiger partial charge in [0.1, 0.15) is 12.4 Å². The number of thiocarbonyl (C=S) groups is 1. The number of benzene rings is 2. The molecule has 2 aromatic carbocycles. The van der Waals surface area contributed by atoms with Crippen molar-refractivity contribution in [3.05, 3.63) is 89.1 Å². The van der Waals surface area contributed by atoms with Crippen LogP contribution in [0.2, 0.25) is 0 Å². The lowest BCUT2D eigenvalue weighted by molar-refractivity contribution is 0.0697. The van der Waals surface area contributed by atoms with Crippen LogP contribution < -0.4 is 4.74 Å². The van der Waals surface area contributed by atoms with E-state index in [0.29, 0.717) is 29.5 Å². The van der Waals surface area contributed by atoms with Gasteiger partial charge in [0.15, 0.2) is 0 Å². The largest absolute Gasteiger partial charge is 0.478 e. The molecule has 0 spiro atoms. The standard InChI is InChI=1S/C28H29N3O4S/c1-19-22(9-12-26(29-19)35-24-10-7-21(8-11-24)27(32)33)17-30-15-13-23(14-16-30)31-25(18-34-28(31)36)20-5-3-2-4-6-20/h2-12,23,25H,13-18H2,1H3,(H,32,33)/t25-/m0/s1. The average molecular weight is 504 g/mol. The van der Waals surface area contributed by atoms with E-state index in [2.05, 4.69) is 45.1 Å². The molecule has 0 radical (unpaired) electrons. The number of rotatable bonds is 7. The number of aryl methyl sites for hydroxylation is 1. The van der Waals surface area contributed by atoms with Gasteiger partial charge >= 0.3 is 5.97 Å². The fraction of sp³-hybridized carbons (Fsp3) is 0.321. The Morgan fingerprint density at radius 1 is 1.08 bits per heavy atom. The highest BCUT2D eigenvalue weighted by molar-refractivity contribution is 7.80. The van der Waals surface area contributed by atoms with Gasteiger partial charge in [0.2, 0.25) is 5.88 Å². The second kappa shape index (κ2) is 10.6. The molecule has 0 saturated carbocycles. The molecule has 1 aromatic heterocycles. The van der Waals surface area contributed by atoms with E-state index in [1.165, 1.54) is 23.3 Å². The molecule has 3 heterocycles. The van der Waals surface area contributed by atoms with Crippen molar-refractivity contribution < 1.29 is 19.4 Å². The van der Waals surface area contributed by atoms with E-state index in [1.54, 1.807) is 12.1 Å². The molecule has 2 aliphatic rings. The van der Waals surface area contributed by atoms with Crippen molar-refractivity contribution in [1.29, 1.82) is 0 Å². The number of carbonyl (C=O) groups is 1. The molecule has 1 N–H and O–H groups in total. The minimum atomic E-state index is -0.962. The molecule has 3 aromatic rings. The second-order valence-electron chi connectivity index (χ2n) is 9.24. The molecule has 7 nitrogen and oxygen atoms in total. The number of aromatic nitrogens is 1. The van der Waals surface area contributed by atoms with Crippen LogP contribution in [0.5, 0.6) is 11.6 Å². The highest BCUT2D eigenvalue weighted by Crippen LogP contribution is 2.33. The van der Waals surface area contributed by atoms with E-state index in [1.807, 2.05) is 19.1 Å². The van der Waals surface area contributed by atoms with Gasteiger partial charge in [0.25, 0.3) is 5.17 Å². The molecule has 2 fully saturated rings. The van der Waals surface area contributed by atoms with Gasteiger partial charge in [-0.2, -0.15) is 0 Å². The van der Waals surface area contributed by atoms with Gasteiger partial charge in [-0.3, -0.25) is 4.90 Å². The zero-order chi connectivity index (χ0) is 25.1. The lowest BCUT2D eigenvalue weighted by atomic mass is 9.99. The first-order chi connectivity index (χ1) is 17.5. The number of carboxylic acids is 1. The minimum Gasteiger partial charge on any atom is -0.478 e. The summed E-state index contributed by atoms with van der Waals surface area (Å²) in [6.07, 6.45) is 2.07. The quantitative estimate of drug-likeness (QED) is 0.441. The Hall–Kier alpha value is -3.49. The summed E-state index contributed by atoms with van der Waals surface area (Å²) in [6, 6.07) is 21.3. The Morgan fingerprint density at radius 3 is 2.47 bits per heavy atom. The van der Waals surface area contributed by atoms with Gasteiger partial charge < -0.3 is 19.5 Å². The Labute approximate surface area is 216 Å². The van der Waals surface area contributed by atoms with E-state index in [-0.39, 0.29) is 11.6 Å². The molecule has 36 heavy (non-hydrogen) atoms. The molecule has 0 aliphatic carbocycles. The third-order valence-corrected chi connectivity index (χ3v) is 7.26. The van der Waals surface area contributed by atoms with Crippen molar-refractivity contribution in [3.63, 3.8) is 0 Å². The van der Waals surface area contributed by atoms with Crippen LogP contribution >= 0.6 is 12.2 Å². The summed E-state index contributed by atoms with van der Waals surface area (Å²) < 4.78 is 11.6. The molecule has 2 saturated heterocycles. The van der Waals surface area contributed by atoms with E-state index in [9.17, 15) is 4.79 Å². The molecule has 1 atom stereocenters. The highest BCUT2D eigenvalue weighted by Gasteiger charge is 2.37. The minimum absolute atomic E-state index is 0.189. The summed E-state index contributed by atoms with van der Waals surface area (Å²) >= 11 is 5.57. The van der Waals surface area contributed by atoms with Gasteiger partial charge in [-0.05, 0) is 67.4 Å². The first-order valence-corrected chi connectivity index (χ1v) is 12.6. The van der Waals surface area contributed by atoms with Crippen molar-refractivity contribution in [1.82, 2.24) is 14.8 Å². The van der Waals surface area contributed by atoms with Gasteiger partial charge in [0, 0.05) is 37.4 Å². The zero-order valence-corrected chi connectivity index (χ0v) is 21.0. The molecular weight excluding hydrogens is 474 g/mol. The first kappa shape index (κ1) is 24.2. The number of hydrogen-bond donors (Lipinski definition) is 1. The lowest BCUT2D eigenvalue weighted by Crippen LogP contribution is -2.45. The maximum atomic E-state index is 11.0. The van der Waals surface area contributed by atoms with E-state index < -0.39 is 5.97 Å². The molecule has 0 amide bonds. The van der Waals surface area contributed by atoms with Crippen molar-refractivity contribution in [2.45, 2.75) is 38.4 Å². The monoisotopic (exact) mass is 503 g/mol. The number of nitrogens with zero attached hydrogens (tertiary/aromatic N) is 3. The van der Waals surface area contributed by atoms with Crippen LogP contribution in [0.15, 0.2) is 66.7 Å². The van der Waals surface area contributed by atoms with E-state index >= 15 is 0 Å². The third-order valence-electron chi connectivity index (χ3n) is 6.93. The van der Waals surface area contributed by atoms with Gasteiger partial charge in [-0.15, -0.1) is 0 Å². The van der Waals surface area contributed by atoms with Crippen LogP contribution in [0.3, 0.4) is 0 Å². The fourth-order valence-corrected chi connectivity index (χ4v) is 5.29. The van der Waals surface area contributed by atoms with Crippen LogP contribution in [-0.4, -0.2) is 56.8 Å². The summed E-state index contributed by atoms with van der Waals surface area (Å²) in [7, 11) is 0. The van der Waals surface area contributed by atoms with Gasteiger partial charge in [-0.1, -0.05) is 36.4 Å². The second-order valence-corrected chi connectivity index (χ2v) is 9.59. The van der Waals surface area contributed by atoms with Crippen molar-refractivity contribution >= 4 is 23.4 Å². The van der Waals surface area contributed by atoms with Crippen molar-refractivity contribution in [3.8, 4) is 11.6 Å². The summed E-state index contributed by atoms with van der Waals surface area (Å²) in [6.45, 7) is 5.42. The van der Waals surface area contributed by atoms with Crippen LogP contribution in [0, 0.1) is 6.92 Å². The number of hydrogen-bond acceptors (Lipinski definition) is 6. The van der Waals surface area contributed by atoms with Crippen molar-refractivity contribution in [2.75, 3.05) is 19.7 Å². The summed E-state index contributed by atoms with van der Waals surface area (Å²) in [5.74, 6) is 0.0864. The topological polar surface area (TPSA) is 75.1 Å². The highest BCUT2D eigenvalue weighted by atomic mass is 32.1. The number of pyridine rings is 1. The molecule has 0 bridgehead atoms. The number of ether oxygens (including phenoxy) is 2. The van der Waals surface area contributed by atoms with Crippen LogP contribution in [0.4, 0.5) is 0 Å². The third kappa shape index (κ3) is 5.34. The molecule has 186 valence electrons. The molecule has 0 unspecified atom stereocenters. The first-order valence-electron chi connectivity index (χ1n) is 12.2. The van der Waals surface area contributed by atoms with Gasteiger partial charge in [-0.25, -0.2) is 9.78 Å². The van der Waals surface area contributed by atoms with E-state index in [0.717, 1.165) is 38.2 Å². The molecule has 5 rings (SSSR count). The normalized spacial score (nSPS) is 18.8. The summed E-state index contributed by atoms with van der Waals surface area (Å²) in [5, 5.41) is 9.66. The zero-order valence-electron chi connectivity index (χ0n) is 20.2.